The number of nitrogens with one attached hydrogen (secondary N) is 2. The fraction of sp³-hybridized carbons (Fsp3) is 0.333. The summed E-state index contributed by atoms with van der Waals surface area (Å²) in [5, 5.41) is 2.66. The molecule has 0 fully saturated rings. The molecule has 92 valence electrons. The molecule has 0 unspecified atom stereocenters. The lowest BCUT2D eigenvalue weighted by atomic mass is 10.2. The number of carbonyl (C=O) groups excluding carboxylic acids is 1. The monoisotopic (exact) mass is 236 g/mol. The predicted molar refractivity (Wildman–Crippen MR) is 65.0 cm³/mol. The van der Waals surface area contributed by atoms with Crippen molar-refractivity contribution in [3.8, 4) is 0 Å². The predicted octanol–water partition coefficient (Wildman–Crippen LogP) is 0.697. The quantitative estimate of drug-likeness (QED) is 0.540. The molecule has 5 heteroatoms. The van der Waals surface area contributed by atoms with Gasteiger partial charge in [0.2, 0.25) is 5.56 Å². The van der Waals surface area contributed by atoms with E-state index in [9.17, 15) is 9.59 Å². The fourth-order valence-electron chi connectivity index (χ4n) is 1.19. The van der Waals surface area contributed by atoms with Crippen LogP contribution in [0.15, 0.2) is 35.8 Å². The molecule has 1 heterocycles. The first-order chi connectivity index (χ1) is 8.24. The molecule has 0 aliphatic rings. The van der Waals surface area contributed by atoms with Crippen molar-refractivity contribution in [2.24, 2.45) is 0 Å². The SMILES string of the molecule is C=CCCOCCNC(=O)c1cc[nH]c(=O)c1. The van der Waals surface area contributed by atoms with Crippen molar-refractivity contribution in [3.63, 3.8) is 0 Å². The van der Waals surface area contributed by atoms with Gasteiger partial charge in [-0.3, -0.25) is 9.59 Å². The Labute approximate surface area is 99.5 Å². The molecule has 0 atom stereocenters. The van der Waals surface area contributed by atoms with Crippen molar-refractivity contribution in [1.29, 1.82) is 0 Å². The van der Waals surface area contributed by atoms with Gasteiger partial charge in [-0.15, -0.1) is 6.58 Å². The van der Waals surface area contributed by atoms with E-state index in [1.807, 2.05) is 0 Å². The third-order valence-electron chi connectivity index (χ3n) is 2.04. The first-order valence-corrected chi connectivity index (χ1v) is 5.39. The summed E-state index contributed by atoms with van der Waals surface area (Å²) in [6.45, 7) is 5.04. The van der Waals surface area contributed by atoms with Crippen LogP contribution in [-0.2, 0) is 4.74 Å². The van der Waals surface area contributed by atoms with Gasteiger partial charge in [0.15, 0.2) is 0 Å². The van der Waals surface area contributed by atoms with Crippen molar-refractivity contribution in [2.75, 3.05) is 19.8 Å². The van der Waals surface area contributed by atoms with Gasteiger partial charge in [-0.25, -0.2) is 0 Å². The Kier molecular flexibility index (Phi) is 5.74. The second-order valence-corrected chi connectivity index (χ2v) is 3.39. The normalized spacial score (nSPS) is 9.88. The summed E-state index contributed by atoms with van der Waals surface area (Å²) < 4.78 is 5.23. The first-order valence-electron chi connectivity index (χ1n) is 5.39. The van der Waals surface area contributed by atoms with Crippen LogP contribution in [0.1, 0.15) is 16.8 Å². The van der Waals surface area contributed by atoms with Crippen molar-refractivity contribution in [2.45, 2.75) is 6.42 Å². The molecule has 1 aromatic heterocycles. The number of pyridine rings is 1. The van der Waals surface area contributed by atoms with Gasteiger partial charge in [0.25, 0.3) is 5.91 Å². The smallest absolute Gasteiger partial charge is 0.251 e. The number of carbonyl (C=O) groups is 1. The van der Waals surface area contributed by atoms with E-state index in [4.69, 9.17) is 4.74 Å². The second-order valence-electron chi connectivity index (χ2n) is 3.39. The number of aromatic nitrogens is 1. The Morgan fingerprint density at radius 3 is 3.06 bits per heavy atom. The maximum absolute atomic E-state index is 11.6. The van der Waals surface area contributed by atoms with Crippen LogP contribution in [-0.4, -0.2) is 30.6 Å². The minimum Gasteiger partial charge on any atom is -0.379 e. The van der Waals surface area contributed by atoms with Crippen molar-refractivity contribution in [1.82, 2.24) is 10.3 Å². The number of ether oxygens (including phenoxy) is 1. The topological polar surface area (TPSA) is 71.2 Å². The van der Waals surface area contributed by atoms with Crippen LogP contribution in [0.25, 0.3) is 0 Å². The Bertz CT molecular complexity index is 426. The lowest BCUT2D eigenvalue weighted by Crippen LogP contribution is -2.28. The van der Waals surface area contributed by atoms with Crippen LogP contribution in [0.4, 0.5) is 0 Å². The lowest BCUT2D eigenvalue weighted by molar-refractivity contribution is 0.0917. The number of H-pyrrole nitrogens is 1. The lowest BCUT2D eigenvalue weighted by Gasteiger charge is -2.05. The first kappa shape index (κ1) is 13.2. The van der Waals surface area contributed by atoms with Crippen LogP contribution in [0.2, 0.25) is 0 Å². The third kappa shape index (κ3) is 5.12. The van der Waals surface area contributed by atoms with Crippen molar-refractivity contribution in [3.05, 3.63) is 46.9 Å². The van der Waals surface area contributed by atoms with Crippen molar-refractivity contribution < 1.29 is 9.53 Å². The third-order valence-corrected chi connectivity index (χ3v) is 2.04. The Balaban J connectivity index is 2.26. The van der Waals surface area contributed by atoms with Crippen molar-refractivity contribution >= 4 is 5.91 Å². The van der Waals surface area contributed by atoms with Gasteiger partial charge in [0.1, 0.15) is 0 Å². The zero-order valence-electron chi connectivity index (χ0n) is 9.57. The summed E-state index contributed by atoms with van der Waals surface area (Å²) in [4.78, 5) is 25.0. The van der Waals surface area contributed by atoms with E-state index in [0.717, 1.165) is 6.42 Å². The van der Waals surface area contributed by atoms with E-state index < -0.39 is 0 Å². The molecule has 0 saturated carbocycles. The van der Waals surface area contributed by atoms with Crippen LogP contribution in [0.3, 0.4) is 0 Å². The zero-order valence-corrected chi connectivity index (χ0v) is 9.57. The molecule has 0 aliphatic carbocycles. The molecular formula is C12H16N2O3. The number of aromatic amines is 1. The van der Waals surface area contributed by atoms with Crippen LogP contribution >= 0.6 is 0 Å². The minimum absolute atomic E-state index is 0.275. The molecule has 1 rings (SSSR count). The van der Waals surface area contributed by atoms with Gasteiger partial charge in [-0.1, -0.05) is 6.08 Å². The molecular weight excluding hydrogens is 220 g/mol. The maximum Gasteiger partial charge on any atom is 0.251 e. The van der Waals surface area contributed by atoms with E-state index in [-0.39, 0.29) is 11.5 Å². The molecule has 0 radical (unpaired) electrons. The summed E-state index contributed by atoms with van der Waals surface area (Å²) >= 11 is 0. The Hall–Kier alpha value is -1.88. The van der Waals surface area contributed by atoms with E-state index in [0.29, 0.717) is 25.3 Å². The summed E-state index contributed by atoms with van der Waals surface area (Å²) in [6, 6.07) is 2.81. The second kappa shape index (κ2) is 7.40. The summed E-state index contributed by atoms with van der Waals surface area (Å²) in [5.41, 5.74) is 0.0553. The van der Waals surface area contributed by atoms with Crippen LogP contribution in [0.5, 0.6) is 0 Å². The summed E-state index contributed by atoms with van der Waals surface area (Å²) in [7, 11) is 0. The highest BCUT2D eigenvalue weighted by Crippen LogP contribution is 1.92. The molecule has 0 aliphatic heterocycles. The highest BCUT2D eigenvalue weighted by molar-refractivity contribution is 5.93. The average Bonchev–Trinajstić information content (AvgIpc) is 2.33. The van der Waals surface area contributed by atoms with E-state index in [1.165, 1.54) is 12.3 Å². The van der Waals surface area contributed by atoms with Gasteiger partial charge >= 0.3 is 0 Å². The molecule has 17 heavy (non-hydrogen) atoms. The molecule has 0 saturated heterocycles. The molecule has 2 N–H and O–H groups in total. The highest BCUT2D eigenvalue weighted by Gasteiger charge is 2.04. The van der Waals surface area contributed by atoms with Gasteiger partial charge < -0.3 is 15.0 Å². The van der Waals surface area contributed by atoms with Gasteiger partial charge in [-0.05, 0) is 12.5 Å². The summed E-state index contributed by atoms with van der Waals surface area (Å²) in [5.74, 6) is -0.275. The molecule has 1 aromatic rings. The summed E-state index contributed by atoms with van der Waals surface area (Å²) in [6.07, 6.45) is 4.01. The Morgan fingerprint density at radius 2 is 2.35 bits per heavy atom. The molecule has 0 aromatic carbocycles. The number of hydrogen-bond donors (Lipinski definition) is 2. The molecule has 0 bridgehead atoms. The van der Waals surface area contributed by atoms with Crippen LogP contribution < -0.4 is 10.9 Å². The Morgan fingerprint density at radius 1 is 1.53 bits per heavy atom. The van der Waals surface area contributed by atoms with E-state index in [2.05, 4.69) is 16.9 Å². The number of amides is 1. The molecule has 1 amide bonds. The number of rotatable bonds is 7. The fourth-order valence-corrected chi connectivity index (χ4v) is 1.19. The maximum atomic E-state index is 11.6. The standard InChI is InChI=1S/C12H16N2O3/c1-2-3-7-17-8-6-14-12(16)10-4-5-13-11(15)9-10/h2,4-5,9H,1,3,6-8H2,(H,13,15)(H,14,16). The zero-order chi connectivity index (χ0) is 12.5. The van der Waals surface area contributed by atoms with E-state index >= 15 is 0 Å². The average molecular weight is 236 g/mol. The van der Waals surface area contributed by atoms with Gasteiger partial charge in [0, 0.05) is 24.4 Å². The number of hydrogen-bond acceptors (Lipinski definition) is 3. The largest absolute Gasteiger partial charge is 0.379 e. The molecule has 5 nitrogen and oxygen atoms in total. The highest BCUT2D eigenvalue weighted by atomic mass is 16.5. The van der Waals surface area contributed by atoms with Gasteiger partial charge in [-0.2, -0.15) is 0 Å². The van der Waals surface area contributed by atoms with Gasteiger partial charge in [0.05, 0.1) is 13.2 Å². The van der Waals surface area contributed by atoms with E-state index in [1.54, 1.807) is 12.1 Å². The minimum atomic E-state index is -0.292. The molecule has 0 spiro atoms. The van der Waals surface area contributed by atoms with Crippen LogP contribution in [0, 0.1) is 0 Å².